The van der Waals surface area contributed by atoms with Crippen LogP contribution in [0, 0.1) is 23.0 Å². The lowest BCUT2D eigenvalue weighted by atomic mass is 10.00. The summed E-state index contributed by atoms with van der Waals surface area (Å²) < 4.78 is 30.8. The van der Waals surface area contributed by atoms with Gasteiger partial charge >= 0.3 is 5.97 Å². The molecule has 0 spiro atoms. The zero-order valence-corrected chi connectivity index (χ0v) is 12.8. The van der Waals surface area contributed by atoms with Crippen molar-refractivity contribution in [1.82, 2.24) is 5.32 Å². The number of nitriles is 1. The number of carbonyl (C=O) groups excluding carboxylic acids is 2. The number of amides is 1. The minimum atomic E-state index is -1.25. The quantitative estimate of drug-likeness (QED) is 0.674. The van der Waals surface area contributed by atoms with Crippen molar-refractivity contribution in [2.75, 3.05) is 6.61 Å². The summed E-state index contributed by atoms with van der Waals surface area (Å²) in [6.07, 6.45) is 2.74. The first-order chi connectivity index (χ1) is 10.9. The van der Waals surface area contributed by atoms with Gasteiger partial charge in [-0.2, -0.15) is 5.26 Å². The molecule has 1 aromatic carbocycles. The first-order valence-corrected chi connectivity index (χ1v) is 7.28. The number of nitrogens with zero attached hydrogens (tertiary/aromatic N) is 1. The Labute approximate surface area is 136 Å². The number of halogens is 3. The maximum atomic E-state index is 13.1. The molecule has 0 unspecified atom stereocenters. The number of rotatable bonds is 4. The third-order valence-corrected chi connectivity index (χ3v) is 3.93. The Morgan fingerprint density at radius 2 is 1.91 bits per heavy atom. The first kappa shape index (κ1) is 17.2. The van der Waals surface area contributed by atoms with Crippen LogP contribution >= 0.6 is 11.6 Å². The minimum absolute atomic E-state index is 0.321. The standard InChI is InChI=1S/C15H13ClF2N2O3/c16-10-6-12(18)11(17)5-9(10)14(22)23-7-13(21)20-15(8-19)3-1-2-4-15/h5-6H,1-4,7H2,(H,20,21). The summed E-state index contributed by atoms with van der Waals surface area (Å²) in [6, 6.07) is 3.32. The molecule has 1 N–H and O–H groups in total. The van der Waals surface area contributed by atoms with Crippen molar-refractivity contribution in [2.45, 2.75) is 31.2 Å². The maximum absolute atomic E-state index is 13.1. The van der Waals surface area contributed by atoms with Gasteiger partial charge in [0, 0.05) is 0 Å². The lowest BCUT2D eigenvalue weighted by molar-refractivity contribution is -0.125. The number of esters is 1. The Balaban J connectivity index is 1.95. The van der Waals surface area contributed by atoms with Crippen LogP contribution in [0.4, 0.5) is 8.78 Å². The van der Waals surface area contributed by atoms with Crippen LogP contribution in [0.3, 0.4) is 0 Å². The highest BCUT2D eigenvalue weighted by atomic mass is 35.5. The summed E-state index contributed by atoms with van der Waals surface area (Å²) in [5.41, 5.74) is -1.31. The zero-order chi connectivity index (χ0) is 17.0. The van der Waals surface area contributed by atoms with Gasteiger partial charge in [0.1, 0.15) is 5.54 Å². The largest absolute Gasteiger partial charge is 0.452 e. The Hall–Kier alpha value is -2.20. The van der Waals surface area contributed by atoms with Crippen molar-refractivity contribution in [1.29, 1.82) is 5.26 Å². The second kappa shape index (κ2) is 6.92. The first-order valence-electron chi connectivity index (χ1n) is 6.91. The van der Waals surface area contributed by atoms with Crippen LogP contribution in [-0.2, 0) is 9.53 Å². The molecule has 0 bridgehead atoms. The van der Waals surface area contributed by atoms with Crippen molar-refractivity contribution < 1.29 is 23.1 Å². The Morgan fingerprint density at radius 1 is 1.30 bits per heavy atom. The highest BCUT2D eigenvalue weighted by molar-refractivity contribution is 6.33. The van der Waals surface area contributed by atoms with Crippen LogP contribution in [-0.4, -0.2) is 24.0 Å². The van der Waals surface area contributed by atoms with E-state index in [2.05, 4.69) is 11.4 Å². The SMILES string of the molecule is N#CC1(NC(=O)COC(=O)c2cc(F)c(F)cc2Cl)CCCC1. The molecule has 0 aromatic heterocycles. The number of nitrogens with one attached hydrogen (secondary N) is 1. The van der Waals surface area contributed by atoms with Gasteiger partial charge in [-0.25, -0.2) is 13.6 Å². The summed E-state index contributed by atoms with van der Waals surface area (Å²) in [5.74, 6) is -4.14. The van der Waals surface area contributed by atoms with E-state index in [0.29, 0.717) is 25.0 Å². The topological polar surface area (TPSA) is 79.2 Å². The molecule has 1 aliphatic carbocycles. The normalized spacial score (nSPS) is 15.7. The average molecular weight is 343 g/mol. The molecule has 1 aliphatic rings. The summed E-state index contributed by atoms with van der Waals surface area (Å²) in [4.78, 5) is 23.6. The number of ether oxygens (including phenoxy) is 1. The lowest BCUT2D eigenvalue weighted by Crippen LogP contribution is -2.46. The maximum Gasteiger partial charge on any atom is 0.340 e. The summed E-state index contributed by atoms with van der Waals surface area (Å²) >= 11 is 5.64. The van der Waals surface area contributed by atoms with Gasteiger partial charge in [-0.3, -0.25) is 4.79 Å². The fourth-order valence-electron chi connectivity index (χ4n) is 2.43. The number of carbonyl (C=O) groups is 2. The van der Waals surface area contributed by atoms with Gasteiger partial charge in [0.05, 0.1) is 16.7 Å². The van der Waals surface area contributed by atoms with Gasteiger partial charge < -0.3 is 10.1 Å². The molecule has 5 nitrogen and oxygen atoms in total. The van der Waals surface area contributed by atoms with Gasteiger partial charge in [-0.1, -0.05) is 11.6 Å². The molecule has 122 valence electrons. The van der Waals surface area contributed by atoms with Crippen molar-refractivity contribution in [3.05, 3.63) is 34.4 Å². The van der Waals surface area contributed by atoms with Gasteiger partial charge in [0.25, 0.3) is 5.91 Å². The average Bonchev–Trinajstić information content (AvgIpc) is 2.97. The van der Waals surface area contributed by atoms with Gasteiger partial charge in [-0.15, -0.1) is 0 Å². The molecule has 0 atom stereocenters. The molecule has 0 heterocycles. The van der Waals surface area contributed by atoms with Crippen molar-refractivity contribution >= 4 is 23.5 Å². The molecule has 1 amide bonds. The van der Waals surface area contributed by atoms with Crippen molar-refractivity contribution in [3.8, 4) is 6.07 Å². The highest BCUT2D eigenvalue weighted by Crippen LogP contribution is 2.28. The van der Waals surface area contributed by atoms with E-state index in [1.807, 2.05) is 0 Å². The molecule has 2 rings (SSSR count). The van der Waals surface area contributed by atoms with E-state index in [0.717, 1.165) is 12.8 Å². The third-order valence-electron chi connectivity index (χ3n) is 3.61. The van der Waals surface area contributed by atoms with E-state index in [1.165, 1.54) is 0 Å². The zero-order valence-electron chi connectivity index (χ0n) is 12.0. The fraction of sp³-hybridized carbons (Fsp3) is 0.400. The van der Waals surface area contributed by atoms with Crippen LogP contribution in [0.2, 0.25) is 5.02 Å². The Bertz CT molecular complexity index is 682. The van der Waals surface area contributed by atoms with E-state index >= 15 is 0 Å². The molecule has 8 heteroatoms. The predicted molar refractivity (Wildman–Crippen MR) is 76.6 cm³/mol. The molecule has 1 saturated carbocycles. The molecule has 1 aromatic rings. The number of benzene rings is 1. The fourth-order valence-corrected chi connectivity index (χ4v) is 2.66. The second-order valence-electron chi connectivity index (χ2n) is 5.27. The highest BCUT2D eigenvalue weighted by Gasteiger charge is 2.35. The summed E-state index contributed by atoms with van der Waals surface area (Å²) in [5, 5.41) is 11.4. The van der Waals surface area contributed by atoms with E-state index in [-0.39, 0.29) is 10.6 Å². The van der Waals surface area contributed by atoms with Crippen LogP contribution in [0.5, 0.6) is 0 Å². The molecule has 0 saturated heterocycles. The molecule has 0 radical (unpaired) electrons. The van der Waals surface area contributed by atoms with Crippen LogP contribution in [0.1, 0.15) is 36.0 Å². The monoisotopic (exact) mass is 342 g/mol. The van der Waals surface area contributed by atoms with E-state index in [9.17, 15) is 18.4 Å². The van der Waals surface area contributed by atoms with E-state index < -0.39 is 35.7 Å². The van der Waals surface area contributed by atoms with E-state index in [4.69, 9.17) is 21.6 Å². The summed E-state index contributed by atoms with van der Waals surface area (Å²) in [6.45, 7) is -0.641. The van der Waals surface area contributed by atoms with Gasteiger partial charge in [-0.05, 0) is 37.8 Å². The Morgan fingerprint density at radius 3 is 2.52 bits per heavy atom. The minimum Gasteiger partial charge on any atom is -0.452 e. The number of hydrogen-bond acceptors (Lipinski definition) is 4. The van der Waals surface area contributed by atoms with Crippen molar-refractivity contribution in [2.24, 2.45) is 0 Å². The molecular formula is C15H13ClF2N2O3. The second-order valence-corrected chi connectivity index (χ2v) is 5.68. The predicted octanol–water partition coefficient (Wildman–Crippen LogP) is 2.73. The summed E-state index contributed by atoms with van der Waals surface area (Å²) in [7, 11) is 0. The smallest absolute Gasteiger partial charge is 0.340 e. The Kier molecular flexibility index (Phi) is 5.16. The lowest BCUT2D eigenvalue weighted by Gasteiger charge is -2.21. The van der Waals surface area contributed by atoms with Crippen LogP contribution in [0.25, 0.3) is 0 Å². The molecular weight excluding hydrogens is 330 g/mol. The van der Waals surface area contributed by atoms with Gasteiger partial charge in [0.2, 0.25) is 0 Å². The number of hydrogen-bond donors (Lipinski definition) is 1. The van der Waals surface area contributed by atoms with Crippen LogP contribution < -0.4 is 5.32 Å². The van der Waals surface area contributed by atoms with E-state index in [1.54, 1.807) is 0 Å². The molecule has 1 fully saturated rings. The van der Waals surface area contributed by atoms with Crippen LogP contribution in [0.15, 0.2) is 12.1 Å². The van der Waals surface area contributed by atoms with Crippen molar-refractivity contribution in [3.63, 3.8) is 0 Å². The van der Waals surface area contributed by atoms with Gasteiger partial charge in [0.15, 0.2) is 18.2 Å². The third kappa shape index (κ3) is 3.96. The molecule has 23 heavy (non-hydrogen) atoms. The molecule has 0 aliphatic heterocycles.